The molecule has 12 heteroatoms. The van der Waals surface area contributed by atoms with Crippen LogP contribution in [0.4, 0.5) is 0 Å². The number of aromatic nitrogens is 2. The molecule has 1 aromatic heterocycles. The zero-order valence-corrected chi connectivity index (χ0v) is 16.2. The maximum atomic E-state index is 12.8. The average Bonchev–Trinajstić information content (AvgIpc) is 2.68. The van der Waals surface area contributed by atoms with Crippen LogP contribution in [-0.4, -0.2) is 89.8 Å². The van der Waals surface area contributed by atoms with Gasteiger partial charge in [0.1, 0.15) is 17.8 Å². The number of piperidine rings is 1. The van der Waals surface area contributed by atoms with Gasteiger partial charge in [-0.2, -0.15) is 4.31 Å². The Morgan fingerprint density at radius 1 is 1.29 bits per heavy atom. The molecule has 0 spiro atoms. The molecule has 3 amide bonds. The fourth-order valence-electron chi connectivity index (χ4n) is 3.31. The standard InChI is InChI=1S/C16H22N6O5S/c1-28(26,27)22-8-7-21(16(25)12-9-17-5-6-18-12)10-13(22)15(24)20-11-3-2-4-19-14(11)23/h5-6,9,11,13H,2-4,7-8,10H2,1H3,(H,19,23)(H,20,24)/t11-,13-/m0/s1. The molecule has 0 saturated carbocycles. The summed E-state index contributed by atoms with van der Waals surface area (Å²) < 4.78 is 25.3. The predicted octanol–water partition coefficient (Wildman–Crippen LogP) is -2.04. The van der Waals surface area contributed by atoms with E-state index in [2.05, 4.69) is 20.6 Å². The number of piperazine rings is 1. The molecule has 2 aliphatic heterocycles. The van der Waals surface area contributed by atoms with Gasteiger partial charge in [-0.3, -0.25) is 19.4 Å². The molecular formula is C16H22N6O5S. The largest absolute Gasteiger partial charge is 0.354 e. The molecule has 28 heavy (non-hydrogen) atoms. The molecule has 2 N–H and O–H groups in total. The van der Waals surface area contributed by atoms with Crippen molar-refractivity contribution in [3.05, 3.63) is 24.3 Å². The van der Waals surface area contributed by atoms with Gasteiger partial charge in [0.05, 0.1) is 12.5 Å². The van der Waals surface area contributed by atoms with Crippen LogP contribution < -0.4 is 10.6 Å². The summed E-state index contributed by atoms with van der Waals surface area (Å²) in [6, 6.07) is -1.84. The lowest BCUT2D eigenvalue weighted by Crippen LogP contribution is -2.63. The van der Waals surface area contributed by atoms with Gasteiger partial charge < -0.3 is 15.5 Å². The highest BCUT2D eigenvalue weighted by atomic mass is 32.2. The van der Waals surface area contributed by atoms with Crippen molar-refractivity contribution in [2.75, 3.05) is 32.4 Å². The first kappa shape index (κ1) is 20.1. The molecule has 2 fully saturated rings. The van der Waals surface area contributed by atoms with Crippen molar-refractivity contribution in [1.29, 1.82) is 0 Å². The minimum absolute atomic E-state index is 0.0280. The molecule has 0 radical (unpaired) electrons. The maximum absolute atomic E-state index is 12.8. The van der Waals surface area contributed by atoms with Crippen molar-refractivity contribution in [2.45, 2.75) is 24.9 Å². The zero-order valence-electron chi connectivity index (χ0n) is 15.4. The zero-order chi connectivity index (χ0) is 20.3. The van der Waals surface area contributed by atoms with E-state index in [0.29, 0.717) is 19.4 Å². The number of rotatable bonds is 4. The highest BCUT2D eigenvalue weighted by Gasteiger charge is 2.40. The van der Waals surface area contributed by atoms with Crippen LogP contribution in [0.25, 0.3) is 0 Å². The first-order chi connectivity index (χ1) is 13.3. The molecule has 3 heterocycles. The highest BCUT2D eigenvalue weighted by molar-refractivity contribution is 7.88. The predicted molar refractivity (Wildman–Crippen MR) is 97.4 cm³/mol. The van der Waals surface area contributed by atoms with Gasteiger partial charge in [-0.1, -0.05) is 0 Å². The van der Waals surface area contributed by atoms with E-state index in [9.17, 15) is 22.8 Å². The third kappa shape index (κ3) is 4.44. The van der Waals surface area contributed by atoms with Gasteiger partial charge >= 0.3 is 0 Å². The van der Waals surface area contributed by atoms with Crippen LogP contribution in [0.1, 0.15) is 23.3 Å². The Kier molecular flexibility index (Phi) is 5.89. The summed E-state index contributed by atoms with van der Waals surface area (Å²) in [6.07, 6.45) is 6.34. The Morgan fingerprint density at radius 3 is 2.71 bits per heavy atom. The highest BCUT2D eigenvalue weighted by Crippen LogP contribution is 2.16. The van der Waals surface area contributed by atoms with E-state index in [1.54, 1.807) is 0 Å². The Bertz CT molecular complexity index is 862. The van der Waals surface area contributed by atoms with Crippen LogP contribution in [0.15, 0.2) is 18.6 Å². The van der Waals surface area contributed by atoms with Crippen LogP contribution in [-0.2, 0) is 19.6 Å². The second-order valence-corrected chi connectivity index (χ2v) is 8.66. The number of hydrogen-bond donors (Lipinski definition) is 2. The third-order valence-electron chi connectivity index (χ3n) is 4.73. The molecule has 3 rings (SSSR count). The molecular weight excluding hydrogens is 388 g/mol. The van der Waals surface area contributed by atoms with Crippen LogP contribution in [0.5, 0.6) is 0 Å². The lowest BCUT2D eigenvalue weighted by atomic mass is 10.1. The minimum atomic E-state index is -3.68. The molecule has 0 bridgehead atoms. The number of amides is 3. The lowest BCUT2D eigenvalue weighted by molar-refractivity contribution is -0.132. The van der Waals surface area contributed by atoms with E-state index in [1.807, 2.05) is 0 Å². The van der Waals surface area contributed by atoms with Crippen molar-refractivity contribution in [3.8, 4) is 0 Å². The first-order valence-corrected chi connectivity index (χ1v) is 10.7. The lowest BCUT2D eigenvalue weighted by Gasteiger charge is -2.39. The fraction of sp³-hybridized carbons (Fsp3) is 0.562. The first-order valence-electron chi connectivity index (χ1n) is 8.87. The monoisotopic (exact) mass is 410 g/mol. The van der Waals surface area contributed by atoms with E-state index < -0.39 is 33.9 Å². The fourth-order valence-corrected chi connectivity index (χ4v) is 4.35. The Labute approximate surface area is 162 Å². The number of carbonyl (C=O) groups is 3. The summed E-state index contributed by atoms with van der Waals surface area (Å²) in [6.45, 7) is 0.503. The van der Waals surface area contributed by atoms with Crippen molar-refractivity contribution in [3.63, 3.8) is 0 Å². The van der Waals surface area contributed by atoms with E-state index in [-0.39, 0.29) is 31.2 Å². The van der Waals surface area contributed by atoms with Gasteiger partial charge in [0.15, 0.2) is 0 Å². The summed E-state index contributed by atoms with van der Waals surface area (Å²) in [7, 11) is -3.68. The average molecular weight is 410 g/mol. The normalized spacial score (nSPS) is 23.8. The topological polar surface area (TPSA) is 142 Å². The smallest absolute Gasteiger partial charge is 0.274 e. The molecule has 2 saturated heterocycles. The van der Waals surface area contributed by atoms with Gasteiger partial charge in [-0.25, -0.2) is 13.4 Å². The van der Waals surface area contributed by atoms with Gasteiger partial charge in [0.2, 0.25) is 21.8 Å². The number of hydrogen-bond acceptors (Lipinski definition) is 7. The summed E-state index contributed by atoms with van der Waals surface area (Å²) in [4.78, 5) is 46.5. The van der Waals surface area contributed by atoms with Gasteiger partial charge in [-0.05, 0) is 12.8 Å². The van der Waals surface area contributed by atoms with Crippen molar-refractivity contribution < 1.29 is 22.8 Å². The van der Waals surface area contributed by atoms with Crippen LogP contribution in [0.3, 0.4) is 0 Å². The van der Waals surface area contributed by atoms with E-state index in [4.69, 9.17) is 0 Å². The Morgan fingerprint density at radius 2 is 2.07 bits per heavy atom. The van der Waals surface area contributed by atoms with Gasteiger partial charge in [0, 0.05) is 38.6 Å². The van der Waals surface area contributed by atoms with Crippen LogP contribution in [0, 0.1) is 0 Å². The number of nitrogens with one attached hydrogen (secondary N) is 2. The van der Waals surface area contributed by atoms with Crippen LogP contribution >= 0.6 is 0 Å². The van der Waals surface area contributed by atoms with Crippen LogP contribution in [0.2, 0.25) is 0 Å². The van der Waals surface area contributed by atoms with Gasteiger partial charge in [-0.15, -0.1) is 0 Å². The third-order valence-corrected chi connectivity index (χ3v) is 6.02. The summed E-state index contributed by atoms with van der Waals surface area (Å²) in [5.41, 5.74) is 0.112. The Balaban J connectivity index is 1.78. The van der Waals surface area contributed by atoms with E-state index in [0.717, 1.165) is 10.6 Å². The Hall–Kier alpha value is -2.60. The number of carbonyl (C=O) groups excluding carboxylic acids is 3. The minimum Gasteiger partial charge on any atom is -0.354 e. The van der Waals surface area contributed by atoms with Crippen molar-refractivity contribution >= 4 is 27.7 Å². The van der Waals surface area contributed by atoms with E-state index in [1.165, 1.54) is 23.5 Å². The van der Waals surface area contributed by atoms with E-state index >= 15 is 0 Å². The second-order valence-electron chi connectivity index (χ2n) is 6.73. The quantitative estimate of drug-likeness (QED) is 0.582. The SMILES string of the molecule is CS(=O)(=O)N1CCN(C(=O)c2cnccn2)C[C@H]1C(=O)N[C@H]1CCCNC1=O. The molecule has 152 valence electrons. The summed E-state index contributed by atoms with van der Waals surface area (Å²) in [5, 5.41) is 5.28. The molecule has 0 aromatic carbocycles. The number of nitrogens with zero attached hydrogens (tertiary/aromatic N) is 4. The molecule has 2 atom stereocenters. The molecule has 2 aliphatic rings. The maximum Gasteiger partial charge on any atom is 0.274 e. The van der Waals surface area contributed by atoms with Gasteiger partial charge in [0.25, 0.3) is 5.91 Å². The van der Waals surface area contributed by atoms with Crippen molar-refractivity contribution in [1.82, 2.24) is 29.8 Å². The number of sulfonamides is 1. The molecule has 1 aromatic rings. The second kappa shape index (κ2) is 8.19. The summed E-state index contributed by atoms with van der Waals surface area (Å²) in [5.74, 6) is -1.34. The van der Waals surface area contributed by atoms with Crippen molar-refractivity contribution in [2.24, 2.45) is 0 Å². The molecule has 11 nitrogen and oxygen atoms in total. The molecule has 0 unspecified atom stereocenters. The summed E-state index contributed by atoms with van der Waals surface area (Å²) >= 11 is 0. The molecule has 0 aliphatic carbocycles.